The summed E-state index contributed by atoms with van der Waals surface area (Å²) in [6.45, 7) is 5.74. The lowest BCUT2D eigenvalue weighted by Gasteiger charge is -2.20. The van der Waals surface area contributed by atoms with Crippen molar-refractivity contribution in [3.8, 4) is 0 Å². The van der Waals surface area contributed by atoms with Gasteiger partial charge in [0, 0.05) is 30.1 Å². The van der Waals surface area contributed by atoms with Crippen LogP contribution in [-0.2, 0) is 10.0 Å². The molecule has 10 heteroatoms. The summed E-state index contributed by atoms with van der Waals surface area (Å²) in [6.07, 6.45) is 0. The van der Waals surface area contributed by atoms with Crippen molar-refractivity contribution in [2.24, 2.45) is 5.10 Å². The highest BCUT2D eigenvalue weighted by Gasteiger charge is 2.27. The van der Waals surface area contributed by atoms with Crippen LogP contribution in [0.5, 0.6) is 0 Å². The van der Waals surface area contributed by atoms with Crippen LogP contribution in [0.15, 0.2) is 45.7 Å². The number of benzene rings is 1. The molecule has 0 bridgehead atoms. The van der Waals surface area contributed by atoms with Gasteiger partial charge >= 0.3 is 0 Å². The number of nitrogens with zero attached hydrogens (tertiary/aromatic N) is 3. The van der Waals surface area contributed by atoms with Crippen molar-refractivity contribution in [1.82, 2.24) is 4.31 Å². The Labute approximate surface area is 156 Å². The van der Waals surface area contributed by atoms with Crippen LogP contribution in [0, 0.1) is 10.1 Å². The summed E-state index contributed by atoms with van der Waals surface area (Å²) in [5.41, 5.74) is 3.33. The van der Waals surface area contributed by atoms with Gasteiger partial charge in [-0.25, -0.2) is 8.42 Å². The molecule has 140 valence electrons. The van der Waals surface area contributed by atoms with E-state index < -0.39 is 14.9 Å². The molecule has 0 aliphatic heterocycles. The molecule has 0 amide bonds. The Bertz CT molecular complexity index is 904. The van der Waals surface area contributed by atoms with Crippen molar-refractivity contribution >= 4 is 38.4 Å². The minimum Gasteiger partial charge on any atom is -0.277 e. The predicted octanol–water partition coefficient (Wildman–Crippen LogP) is 3.52. The molecule has 0 radical (unpaired) electrons. The van der Waals surface area contributed by atoms with E-state index in [2.05, 4.69) is 10.5 Å². The summed E-state index contributed by atoms with van der Waals surface area (Å²) in [4.78, 5) is 11.2. The van der Waals surface area contributed by atoms with E-state index in [0.29, 0.717) is 5.71 Å². The maximum atomic E-state index is 12.9. The number of nitro benzene ring substituents is 1. The Balaban J connectivity index is 2.49. The van der Waals surface area contributed by atoms with Gasteiger partial charge < -0.3 is 0 Å². The van der Waals surface area contributed by atoms with Gasteiger partial charge in [0.25, 0.3) is 5.69 Å². The molecule has 0 saturated carbocycles. The lowest BCUT2D eigenvalue weighted by Crippen LogP contribution is -2.31. The monoisotopic (exact) mass is 396 g/mol. The number of nitro groups is 1. The number of nitrogens with one attached hydrogen (secondary N) is 1. The van der Waals surface area contributed by atoms with E-state index in [4.69, 9.17) is 0 Å². The van der Waals surface area contributed by atoms with Crippen LogP contribution in [-0.4, -0.2) is 36.4 Å². The molecule has 26 heavy (non-hydrogen) atoms. The second-order valence-electron chi connectivity index (χ2n) is 5.31. The number of hydrogen-bond donors (Lipinski definition) is 1. The first-order chi connectivity index (χ1) is 12.3. The summed E-state index contributed by atoms with van der Waals surface area (Å²) >= 11 is 1.51. The molecule has 8 nitrogen and oxygen atoms in total. The molecule has 0 spiro atoms. The molecular weight excluding hydrogens is 376 g/mol. The molecule has 1 N–H and O–H groups in total. The standard InChI is InChI=1S/C16H20N4O4S2/c1-4-19(5-2)26(23,24)16-11-13(20(21)22)8-9-14(16)18-17-12(3)15-7-6-10-25-15/h6-11,18H,4-5H2,1-3H3/b17-12-. The number of hydrogen-bond acceptors (Lipinski definition) is 7. The zero-order valence-electron chi connectivity index (χ0n) is 14.7. The Kier molecular flexibility index (Phi) is 6.46. The zero-order valence-corrected chi connectivity index (χ0v) is 16.3. The molecule has 0 saturated heterocycles. The SMILES string of the molecule is CCN(CC)S(=O)(=O)c1cc([N+](=O)[O-])ccc1N/N=C(/C)c1cccs1. The van der Waals surface area contributed by atoms with E-state index in [0.717, 1.165) is 10.9 Å². The first kappa shape index (κ1) is 20.0. The van der Waals surface area contributed by atoms with Crippen molar-refractivity contribution < 1.29 is 13.3 Å². The van der Waals surface area contributed by atoms with E-state index in [1.165, 1.54) is 27.8 Å². The highest BCUT2D eigenvalue weighted by Crippen LogP contribution is 2.29. The van der Waals surface area contributed by atoms with Crippen molar-refractivity contribution in [1.29, 1.82) is 0 Å². The van der Waals surface area contributed by atoms with Crippen molar-refractivity contribution in [3.63, 3.8) is 0 Å². The summed E-state index contributed by atoms with van der Waals surface area (Å²) in [5, 5.41) is 17.2. The average Bonchev–Trinajstić information content (AvgIpc) is 3.15. The fourth-order valence-corrected chi connectivity index (χ4v) is 4.61. The van der Waals surface area contributed by atoms with Crippen molar-refractivity contribution in [2.45, 2.75) is 25.7 Å². The topological polar surface area (TPSA) is 105 Å². The van der Waals surface area contributed by atoms with Crippen LogP contribution in [0.4, 0.5) is 11.4 Å². The Morgan fingerprint density at radius 2 is 2.00 bits per heavy atom. The lowest BCUT2D eigenvalue weighted by atomic mass is 10.3. The Morgan fingerprint density at radius 3 is 2.54 bits per heavy atom. The quantitative estimate of drug-likeness (QED) is 0.417. The summed E-state index contributed by atoms with van der Waals surface area (Å²) in [6, 6.07) is 7.46. The maximum absolute atomic E-state index is 12.9. The van der Waals surface area contributed by atoms with Gasteiger partial charge in [0.05, 0.1) is 16.3 Å². The van der Waals surface area contributed by atoms with Crippen molar-refractivity contribution in [3.05, 3.63) is 50.7 Å². The van der Waals surface area contributed by atoms with Crippen LogP contribution in [0.2, 0.25) is 0 Å². The molecule has 0 aliphatic rings. The van der Waals surface area contributed by atoms with Gasteiger partial charge in [0.1, 0.15) is 4.90 Å². The van der Waals surface area contributed by atoms with Crippen LogP contribution in [0.3, 0.4) is 0 Å². The first-order valence-electron chi connectivity index (χ1n) is 7.94. The minimum absolute atomic E-state index is 0.168. The maximum Gasteiger partial charge on any atom is 0.270 e. The second-order valence-corrected chi connectivity index (χ2v) is 8.17. The number of hydrazone groups is 1. The van der Waals surface area contributed by atoms with E-state index in [1.807, 2.05) is 17.5 Å². The third kappa shape index (κ3) is 4.26. The van der Waals surface area contributed by atoms with Gasteiger partial charge in [-0.1, -0.05) is 19.9 Å². The number of thiophene rings is 1. The predicted molar refractivity (Wildman–Crippen MR) is 103 cm³/mol. The number of anilines is 1. The number of sulfonamides is 1. The zero-order chi connectivity index (χ0) is 19.3. The van der Waals surface area contributed by atoms with Crippen LogP contribution in [0.25, 0.3) is 0 Å². The smallest absolute Gasteiger partial charge is 0.270 e. The number of non-ortho nitro benzene ring substituents is 1. The molecule has 0 atom stereocenters. The molecule has 0 unspecified atom stereocenters. The summed E-state index contributed by atoms with van der Waals surface area (Å²) in [7, 11) is -3.89. The van der Waals surface area contributed by atoms with Crippen LogP contribution >= 0.6 is 11.3 Å². The largest absolute Gasteiger partial charge is 0.277 e. The Hall–Kier alpha value is -2.30. The minimum atomic E-state index is -3.89. The first-order valence-corrected chi connectivity index (χ1v) is 10.3. The van der Waals surface area contributed by atoms with Gasteiger partial charge in [0.2, 0.25) is 10.0 Å². The molecule has 2 rings (SSSR count). The molecule has 0 aliphatic carbocycles. The third-order valence-corrected chi connectivity index (χ3v) is 6.79. The van der Waals surface area contributed by atoms with Gasteiger partial charge in [-0.05, 0) is 24.4 Å². The summed E-state index contributed by atoms with van der Waals surface area (Å²) in [5.74, 6) is 0. The van der Waals surface area contributed by atoms with E-state index in [9.17, 15) is 18.5 Å². The van der Waals surface area contributed by atoms with Crippen LogP contribution in [0.1, 0.15) is 25.6 Å². The Morgan fingerprint density at radius 1 is 1.31 bits per heavy atom. The molecule has 0 fully saturated rings. The van der Waals surface area contributed by atoms with Gasteiger partial charge in [0.15, 0.2) is 0 Å². The molecule has 1 heterocycles. The molecule has 1 aromatic carbocycles. The third-order valence-electron chi connectivity index (χ3n) is 3.72. The molecule has 1 aromatic heterocycles. The van der Waals surface area contributed by atoms with Crippen LogP contribution < -0.4 is 5.43 Å². The highest BCUT2D eigenvalue weighted by molar-refractivity contribution is 7.89. The van der Waals surface area contributed by atoms with E-state index in [-0.39, 0.29) is 29.4 Å². The average molecular weight is 396 g/mol. The molecular formula is C16H20N4O4S2. The summed E-state index contributed by atoms with van der Waals surface area (Å²) < 4.78 is 27.0. The normalized spacial score (nSPS) is 12.4. The lowest BCUT2D eigenvalue weighted by molar-refractivity contribution is -0.385. The van der Waals surface area contributed by atoms with Gasteiger partial charge in [-0.2, -0.15) is 9.41 Å². The highest BCUT2D eigenvalue weighted by atomic mass is 32.2. The van der Waals surface area contributed by atoms with Gasteiger partial charge in [-0.3, -0.25) is 15.5 Å². The van der Waals surface area contributed by atoms with E-state index in [1.54, 1.807) is 20.8 Å². The fourth-order valence-electron chi connectivity index (χ4n) is 2.32. The van der Waals surface area contributed by atoms with E-state index >= 15 is 0 Å². The second kappa shape index (κ2) is 8.39. The molecule has 2 aromatic rings. The fraction of sp³-hybridized carbons (Fsp3) is 0.312. The number of rotatable bonds is 8. The van der Waals surface area contributed by atoms with Crippen molar-refractivity contribution in [2.75, 3.05) is 18.5 Å². The van der Waals surface area contributed by atoms with Gasteiger partial charge in [-0.15, -0.1) is 11.3 Å².